The molecule has 0 spiro atoms. The smallest absolute Gasteiger partial charge is 0.286 e. The molecule has 0 saturated carbocycles. The lowest BCUT2D eigenvalue weighted by atomic mass is 10.1. The van der Waals surface area contributed by atoms with Gasteiger partial charge in [-0.3, -0.25) is 14.9 Å². The molecule has 0 unspecified atom stereocenters. The van der Waals surface area contributed by atoms with E-state index >= 15 is 0 Å². The molecule has 162 valence electrons. The van der Waals surface area contributed by atoms with Crippen molar-refractivity contribution in [1.29, 1.82) is 0 Å². The van der Waals surface area contributed by atoms with Crippen molar-refractivity contribution in [2.45, 2.75) is 6.92 Å². The molecule has 0 saturated heterocycles. The molecule has 0 fully saturated rings. The third-order valence-corrected chi connectivity index (χ3v) is 5.79. The summed E-state index contributed by atoms with van der Waals surface area (Å²) in [6, 6.07) is 17.5. The number of para-hydroxylation sites is 2. The van der Waals surface area contributed by atoms with Gasteiger partial charge in [-0.1, -0.05) is 24.3 Å². The van der Waals surface area contributed by atoms with Crippen LogP contribution in [-0.4, -0.2) is 29.5 Å². The number of fused-ring (bicyclic) bond motifs is 1. The maximum absolute atomic E-state index is 13.1. The number of anilines is 1. The van der Waals surface area contributed by atoms with Gasteiger partial charge in [0.25, 0.3) is 11.6 Å². The highest BCUT2D eigenvalue weighted by molar-refractivity contribution is 7.21. The molecule has 0 aliphatic heterocycles. The zero-order valence-electron chi connectivity index (χ0n) is 17.3. The van der Waals surface area contributed by atoms with Crippen molar-refractivity contribution >= 4 is 38.8 Å². The van der Waals surface area contributed by atoms with E-state index in [-0.39, 0.29) is 22.7 Å². The molecule has 4 aromatic rings. The zero-order valence-corrected chi connectivity index (χ0v) is 18.1. The number of ether oxygens (including phenoxy) is 2. The van der Waals surface area contributed by atoms with Crippen LogP contribution in [0.15, 0.2) is 60.7 Å². The van der Waals surface area contributed by atoms with Crippen LogP contribution in [0.3, 0.4) is 0 Å². The first kappa shape index (κ1) is 21.3. The first-order valence-corrected chi connectivity index (χ1v) is 10.6. The normalized spacial score (nSPS) is 10.7. The number of carbonyl (C=O) groups excluding carboxylic acids is 1. The first-order chi connectivity index (χ1) is 15.5. The number of rotatable bonds is 7. The van der Waals surface area contributed by atoms with Gasteiger partial charge in [0.1, 0.15) is 10.6 Å². The van der Waals surface area contributed by atoms with Crippen LogP contribution in [0.5, 0.6) is 11.5 Å². The summed E-state index contributed by atoms with van der Waals surface area (Å²) in [6.45, 7) is 2.06. The van der Waals surface area contributed by atoms with E-state index in [0.717, 1.165) is 20.8 Å². The third-order valence-electron chi connectivity index (χ3n) is 4.72. The largest absolute Gasteiger partial charge is 0.493 e. The molecule has 0 atom stereocenters. The Labute approximate surface area is 187 Å². The van der Waals surface area contributed by atoms with Crippen molar-refractivity contribution in [3.05, 3.63) is 76.3 Å². The Balaban J connectivity index is 1.73. The van der Waals surface area contributed by atoms with E-state index in [9.17, 15) is 14.9 Å². The van der Waals surface area contributed by atoms with E-state index in [4.69, 9.17) is 9.47 Å². The second-order valence-electron chi connectivity index (χ2n) is 6.70. The van der Waals surface area contributed by atoms with Crippen LogP contribution in [0.2, 0.25) is 0 Å². The molecule has 0 aliphatic rings. The fourth-order valence-electron chi connectivity index (χ4n) is 3.27. The minimum Gasteiger partial charge on any atom is -0.493 e. The molecule has 9 heteroatoms. The summed E-state index contributed by atoms with van der Waals surface area (Å²) in [7, 11) is 1.41. The summed E-state index contributed by atoms with van der Waals surface area (Å²) in [6.07, 6.45) is 0. The van der Waals surface area contributed by atoms with Crippen LogP contribution >= 0.6 is 11.3 Å². The molecule has 1 aromatic heterocycles. The zero-order chi connectivity index (χ0) is 22.7. The van der Waals surface area contributed by atoms with Crippen LogP contribution in [0.25, 0.3) is 20.8 Å². The fraction of sp³-hybridized carbons (Fsp3) is 0.130. The Kier molecular flexibility index (Phi) is 6.00. The molecule has 8 nitrogen and oxygen atoms in total. The van der Waals surface area contributed by atoms with Crippen molar-refractivity contribution in [1.82, 2.24) is 4.98 Å². The number of carbonyl (C=O) groups is 1. The van der Waals surface area contributed by atoms with Gasteiger partial charge < -0.3 is 14.8 Å². The molecule has 0 bridgehead atoms. The van der Waals surface area contributed by atoms with Crippen molar-refractivity contribution in [2.75, 3.05) is 19.0 Å². The highest BCUT2D eigenvalue weighted by Gasteiger charge is 2.25. The standard InChI is InChI=1S/C23H19N3O5S/c1-3-31-20-13-18(26(28)29)15(12-19(20)30-2)22(27)24-16-9-5-4-8-14(16)23-25-17-10-6-7-11-21(17)32-23/h4-13H,3H2,1-2H3,(H,24,27). The van der Waals surface area contributed by atoms with E-state index in [0.29, 0.717) is 12.3 Å². The Morgan fingerprint density at radius 3 is 2.59 bits per heavy atom. The van der Waals surface area contributed by atoms with Gasteiger partial charge in [-0.15, -0.1) is 11.3 Å². The van der Waals surface area contributed by atoms with Crippen molar-refractivity contribution < 1.29 is 19.2 Å². The van der Waals surface area contributed by atoms with E-state index in [1.807, 2.05) is 36.4 Å². The SMILES string of the molecule is CCOc1cc([N+](=O)[O-])c(C(=O)Nc2ccccc2-c2nc3ccccc3s2)cc1OC. The van der Waals surface area contributed by atoms with Gasteiger partial charge in [0.2, 0.25) is 0 Å². The first-order valence-electron chi connectivity index (χ1n) is 9.77. The predicted octanol–water partition coefficient (Wildman–Crippen LogP) is 5.53. The molecule has 0 aliphatic carbocycles. The van der Waals surface area contributed by atoms with Gasteiger partial charge >= 0.3 is 0 Å². The number of nitrogens with zero attached hydrogens (tertiary/aromatic N) is 2. The number of hydrogen-bond acceptors (Lipinski definition) is 7. The molecule has 1 N–H and O–H groups in total. The van der Waals surface area contributed by atoms with Crippen molar-refractivity contribution in [3.8, 4) is 22.1 Å². The van der Waals surface area contributed by atoms with Crippen molar-refractivity contribution in [2.24, 2.45) is 0 Å². The second kappa shape index (κ2) is 9.03. The number of nitro benzene ring substituents is 1. The maximum Gasteiger partial charge on any atom is 0.286 e. The minimum absolute atomic E-state index is 0.130. The molecule has 1 heterocycles. The van der Waals surface area contributed by atoms with Gasteiger partial charge in [0.05, 0.1) is 40.6 Å². The topological polar surface area (TPSA) is 104 Å². The average molecular weight is 449 g/mol. The van der Waals surface area contributed by atoms with Gasteiger partial charge in [0.15, 0.2) is 11.5 Å². The second-order valence-corrected chi connectivity index (χ2v) is 7.73. The van der Waals surface area contributed by atoms with E-state index < -0.39 is 10.8 Å². The van der Waals surface area contributed by atoms with Crippen LogP contribution in [0.1, 0.15) is 17.3 Å². The van der Waals surface area contributed by atoms with Crippen LogP contribution < -0.4 is 14.8 Å². The molecular formula is C23H19N3O5S. The van der Waals surface area contributed by atoms with Crippen LogP contribution in [0, 0.1) is 10.1 Å². The van der Waals surface area contributed by atoms with Gasteiger partial charge in [-0.2, -0.15) is 0 Å². The summed E-state index contributed by atoms with van der Waals surface area (Å²) in [4.78, 5) is 28.8. The Morgan fingerprint density at radius 2 is 1.88 bits per heavy atom. The lowest BCUT2D eigenvalue weighted by Crippen LogP contribution is -2.15. The van der Waals surface area contributed by atoms with E-state index in [1.54, 1.807) is 19.1 Å². The fourth-order valence-corrected chi connectivity index (χ4v) is 4.27. The minimum atomic E-state index is -0.633. The summed E-state index contributed by atoms with van der Waals surface area (Å²) in [5.41, 5.74) is 1.58. The van der Waals surface area contributed by atoms with Crippen LogP contribution in [0.4, 0.5) is 11.4 Å². The monoisotopic (exact) mass is 449 g/mol. The number of aromatic nitrogens is 1. The number of nitro groups is 1. The Bertz CT molecular complexity index is 1290. The quantitative estimate of drug-likeness (QED) is 0.294. The molecule has 0 radical (unpaired) electrons. The molecule has 4 rings (SSSR count). The Morgan fingerprint density at radius 1 is 1.12 bits per heavy atom. The predicted molar refractivity (Wildman–Crippen MR) is 124 cm³/mol. The number of thiazole rings is 1. The summed E-state index contributed by atoms with van der Waals surface area (Å²) in [5.74, 6) is -0.193. The van der Waals surface area contributed by atoms with Gasteiger partial charge in [0, 0.05) is 11.6 Å². The third kappa shape index (κ3) is 4.10. The number of nitrogens with one attached hydrogen (secondary N) is 1. The number of benzene rings is 3. The summed E-state index contributed by atoms with van der Waals surface area (Å²) < 4.78 is 11.7. The van der Waals surface area contributed by atoms with E-state index in [2.05, 4.69) is 10.3 Å². The number of hydrogen-bond donors (Lipinski definition) is 1. The van der Waals surface area contributed by atoms with Crippen LogP contribution in [-0.2, 0) is 0 Å². The van der Waals surface area contributed by atoms with E-state index in [1.165, 1.54) is 30.6 Å². The highest BCUT2D eigenvalue weighted by atomic mass is 32.1. The summed E-state index contributed by atoms with van der Waals surface area (Å²) >= 11 is 1.50. The van der Waals surface area contributed by atoms with Gasteiger partial charge in [-0.25, -0.2) is 4.98 Å². The molecule has 1 amide bonds. The lowest BCUT2D eigenvalue weighted by molar-refractivity contribution is -0.385. The van der Waals surface area contributed by atoms with Crippen molar-refractivity contribution in [3.63, 3.8) is 0 Å². The Hall–Kier alpha value is -3.98. The molecule has 3 aromatic carbocycles. The number of amides is 1. The highest BCUT2D eigenvalue weighted by Crippen LogP contribution is 2.37. The average Bonchev–Trinajstić information content (AvgIpc) is 3.23. The molecule has 32 heavy (non-hydrogen) atoms. The summed E-state index contributed by atoms with van der Waals surface area (Å²) in [5, 5.41) is 15.2. The molecular weight excluding hydrogens is 430 g/mol. The van der Waals surface area contributed by atoms with Gasteiger partial charge in [-0.05, 0) is 31.2 Å². The maximum atomic E-state index is 13.1. The number of methoxy groups -OCH3 is 1. The lowest BCUT2D eigenvalue weighted by Gasteiger charge is -2.13.